The van der Waals surface area contributed by atoms with Gasteiger partial charge in [0.1, 0.15) is 23.4 Å². The fraction of sp³-hybridized carbons (Fsp3) is 0.357. The number of ether oxygens (including phenoxy) is 1. The van der Waals surface area contributed by atoms with Crippen LogP contribution in [-0.4, -0.2) is 18.6 Å². The van der Waals surface area contributed by atoms with Crippen LogP contribution in [0.3, 0.4) is 0 Å². The Balaban J connectivity index is 2.23. The molecule has 1 N–H and O–H groups in total. The van der Waals surface area contributed by atoms with Crippen LogP contribution in [0.25, 0.3) is 11.5 Å². The number of hydrogen-bond donors (Lipinski definition) is 1. The summed E-state index contributed by atoms with van der Waals surface area (Å²) < 4.78 is 24.3. The molecule has 2 rings (SSSR count). The van der Waals surface area contributed by atoms with E-state index in [4.69, 9.17) is 9.15 Å². The van der Waals surface area contributed by atoms with Crippen molar-refractivity contribution in [2.75, 3.05) is 13.7 Å². The van der Waals surface area contributed by atoms with Gasteiger partial charge in [-0.2, -0.15) is 0 Å². The second-order valence-electron chi connectivity index (χ2n) is 4.14. The van der Waals surface area contributed by atoms with Gasteiger partial charge in [-0.3, -0.25) is 0 Å². The average Bonchev–Trinajstić information content (AvgIpc) is 2.87. The van der Waals surface area contributed by atoms with Crippen LogP contribution >= 0.6 is 0 Å². The van der Waals surface area contributed by atoms with Gasteiger partial charge < -0.3 is 14.5 Å². The Morgan fingerprint density at radius 1 is 1.42 bits per heavy atom. The molecule has 0 radical (unpaired) electrons. The van der Waals surface area contributed by atoms with Gasteiger partial charge in [0.05, 0.1) is 12.8 Å². The van der Waals surface area contributed by atoms with Crippen molar-refractivity contribution < 1.29 is 13.5 Å². The molecule has 0 amide bonds. The normalized spacial score (nSPS) is 10.7. The monoisotopic (exact) mass is 264 g/mol. The third kappa shape index (κ3) is 3.12. The Bertz CT molecular complexity index is 540. The Morgan fingerprint density at radius 3 is 3.00 bits per heavy atom. The standard InChI is InChI=1S/C14H17FN2O2/c1-3-7-16-8-10-9-19-14(17-10)13-11(15)5-4-6-12(13)18-2/h4-6,9,16H,3,7-8H2,1-2H3. The predicted octanol–water partition coefficient (Wildman–Crippen LogP) is 2.99. The third-order valence-electron chi connectivity index (χ3n) is 2.69. The van der Waals surface area contributed by atoms with Crippen LogP contribution in [-0.2, 0) is 6.54 Å². The van der Waals surface area contributed by atoms with Gasteiger partial charge in [-0.25, -0.2) is 9.37 Å². The lowest BCUT2D eigenvalue weighted by atomic mass is 10.2. The highest BCUT2D eigenvalue weighted by Crippen LogP contribution is 2.31. The zero-order chi connectivity index (χ0) is 13.7. The molecule has 0 atom stereocenters. The summed E-state index contributed by atoms with van der Waals surface area (Å²) in [6.45, 7) is 3.60. The van der Waals surface area contributed by atoms with E-state index in [1.165, 1.54) is 19.4 Å². The molecule has 0 aliphatic carbocycles. The number of oxazole rings is 1. The van der Waals surface area contributed by atoms with Crippen LogP contribution in [0.15, 0.2) is 28.9 Å². The fourth-order valence-corrected chi connectivity index (χ4v) is 1.78. The number of benzene rings is 1. The molecule has 0 bridgehead atoms. The largest absolute Gasteiger partial charge is 0.496 e. The first kappa shape index (κ1) is 13.5. The van der Waals surface area contributed by atoms with Gasteiger partial charge in [0.15, 0.2) is 0 Å². The number of nitrogens with one attached hydrogen (secondary N) is 1. The molecule has 0 unspecified atom stereocenters. The van der Waals surface area contributed by atoms with Crippen molar-refractivity contribution >= 4 is 0 Å². The van der Waals surface area contributed by atoms with Crippen LogP contribution in [0, 0.1) is 5.82 Å². The average molecular weight is 264 g/mol. The van der Waals surface area contributed by atoms with Crippen LogP contribution in [0.5, 0.6) is 5.75 Å². The number of nitrogens with zero attached hydrogens (tertiary/aromatic N) is 1. The molecule has 0 saturated heterocycles. The maximum Gasteiger partial charge on any atom is 0.232 e. The van der Waals surface area contributed by atoms with Crippen molar-refractivity contribution in [1.29, 1.82) is 0 Å². The lowest BCUT2D eigenvalue weighted by molar-refractivity contribution is 0.410. The van der Waals surface area contributed by atoms with Gasteiger partial charge in [0.2, 0.25) is 5.89 Å². The molecule has 5 heteroatoms. The summed E-state index contributed by atoms with van der Waals surface area (Å²) in [5.74, 6) is 0.243. The van der Waals surface area contributed by atoms with E-state index < -0.39 is 5.82 Å². The van der Waals surface area contributed by atoms with E-state index >= 15 is 0 Å². The van der Waals surface area contributed by atoms with Crippen LogP contribution in [0.1, 0.15) is 19.0 Å². The first-order valence-electron chi connectivity index (χ1n) is 6.24. The van der Waals surface area contributed by atoms with Crippen molar-refractivity contribution in [1.82, 2.24) is 10.3 Å². The molecule has 19 heavy (non-hydrogen) atoms. The highest BCUT2D eigenvalue weighted by Gasteiger charge is 2.16. The van der Waals surface area contributed by atoms with Crippen molar-refractivity contribution in [2.45, 2.75) is 19.9 Å². The summed E-state index contributed by atoms with van der Waals surface area (Å²) in [7, 11) is 1.49. The van der Waals surface area contributed by atoms with Gasteiger partial charge in [0.25, 0.3) is 0 Å². The molecule has 2 aromatic rings. The zero-order valence-corrected chi connectivity index (χ0v) is 11.1. The van der Waals surface area contributed by atoms with Crippen molar-refractivity contribution in [2.24, 2.45) is 0 Å². The maximum absolute atomic E-state index is 13.8. The summed E-state index contributed by atoms with van der Waals surface area (Å²) in [5, 5.41) is 3.21. The second-order valence-corrected chi connectivity index (χ2v) is 4.14. The molecule has 1 aromatic carbocycles. The van der Waals surface area contributed by atoms with E-state index in [0.717, 1.165) is 18.7 Å². The molecule has 0 fully saturated rings. The van der Waals surface area contributed by atoms with E-state index in [-0.39, 0.29) is 11.5 Å². The number of hydrogen-bond acceptors (Lipinski definition) is 4. The zero-order valence-electron chi connectivity index (χ0n) is 11.1. The third-order valence-corrected chi connectivity index (χ3v) is 2.69. The Kier molecular flexibility index (Phi) is 4.52. The maximum atomic E-state index is 13.8. The molecule has 0 aliphatic rings. The molecule has 102 valence electrons. The summed E-state index contributed by atoms with van der Waals surface area (Å²) in [6.07, 6.45) is 2.58. The lowest BCUT2D eigenvalue weighted by Crippen LogP contribution is -2.13. The fourth-order valence-electron chi connectivity index (χ4n) is 1.78. The topological polar surface area (TPSA) is 47.3 Å². The first-order valence-corrected chi connectivity index (χ1v) is 6.24. The summed E-state index contributed by atoms with van der Waals surface area (Å²) >= 11 is 0. The number of methoxy groups -OCH3 is 1. The highest BCUT2D eigenvalue weighted by molar-refractivity contribution is 5.63. The van der Waals surface area contributed by atoms with E-state index in [1.54, 1.807) is 12.1 Å². The molecular formula is C14H17FN2O2. The number of aromatic nitrogens is 1. The molecular weight excluding hydrogens is 247 g/mol. The molecule has 0 saturated carbocycles. The summed E-state index contributed by atoms with van der Waals surface area (Å²) in [6, 6.07) is 4.62. The van der Waals surface area contributed by atoms with Crippen LogP contribution in [0.2, 0.25) is 0 Å². The van der Waals surface area contributed by atoms with Gasteiger partial charge in [-0.1, -0.05) is 13.0 Å². The van der Waals surface area contributed by atoms with Crippen molar-refractivity contribution in [3.63, 3.8) is 0 Å². The van der Waals surface area contributed by atoms with Crippen LogP contribution in [0.4, 0.5) is 4.39 Å². The number of halogens is 1. The predicted molar refractivity (Wildman–Crippen MR) is 70.4 cm³/mol. The number of rotatable bonds is 6. The quantitative estimate of drug-likeness (QED) is 0.815. The van der Waals surface area contributed by atoms with Gasteiger partial charge in [-0.15, -0.1) is 0 Å². The van der Waals surface area contributed by atoms with E-state index in [1.807, 2.05) is 0 Å². The lowest BCUT2D eigenvalue weighted by Gasteiger charge is -2.05. The van der Waals surface area contributed by atoms with Crippen LogP contribution < -0.4 is 10.1 Å². The molecule has 1 aromatic heterocycles. The van der Waals surface area contributed by atoms with Gasteiger partial charge in [-0.05, 0) is 25.1 Å². The van der Waals surface area contributed by atoms with E-state index in [9.17, 15) is 4.39 Å². The Hall–Kier alpha value is -1.88. The van der Waals surface area contributed by atoms with Gasteiger partial charge in [0, 0.05) is 6.54 Å². The SMILES string of the molecule is CCCNCc1coc(-c2c(F)cccc2OC)n1. The van der Waals surface area contributed by atoms with E-state index in [0.29, 0.717) is 12.3 Å². The Morgan fingerprint density at radius 2 is 2.26 bits per heavy atom. The first-order chi connectivity index (χ1) is 9.26. The summed E-state index contributed by atoms with van der Waals surface area (Å²) in [5.41, 5.74) is 1.00. The minimum atomic E-state index is -0.408. The molecule has 0 aliphatic heterocycles. The Labute approximate surface area is 111 Å². The summed E-state index contributed by atoms with van der Waals surface area (Å²) in [4.78, 5) is 4.27. The van der Waals surface area contributed by atoms with Crippen molar-refractivity contribution in [3.8, 4) is 17.2 Å². The van der Waals surface area contributed by atoms with Crippen molar-refractivity contribution in [3.05, 3.63) is 36.0 Å². The minimum absolute atomic E-state index is 0.239. The van der Waals surface area contributed by atoms with E-state index in [2.05, 4.69) is 17.2 Å². The molecule has 1 heterocycles. The minimum Gasteiger partial charge on any atom is -0.496 e. The highest BCUT2D eigenvalue weighted by atomic mass is 19.1. The smallest absolute Gasteiger partial charge is 0.232 e. The van der Waals surface area contributed by atoms with Gasteiger partial charge >= 0.3 is 0 Å². The molecule has 0 spiro atoms. The molecule has 4 nitrogen and oxygen atoms in total. The second kappa shape index (κ2) is 6.33.